The zero-order chi connectivity index (χ0) is 47.4. The number of hydrogen-bond acceptors (Lipinski definition) is 12. The predicted molar refractivity (Wildman–Crippen MR) is 246 cm³/mol. The molecule has 3 aliphatic rings. The second-order valence-corrected chi connectivity index (χ2v) is 17.4. The molecule has 0 saturated carbocycles. The summed E-state index contributed by atoms with van der Waals surface area (Å²) in [6.45, 7) is -0.487. The number of thioether (sulfide) groups is 1. The largest absolute Gasteiger partial charge is 0.480 e. The Hall–Kier alpha value is -6.55. The zero-order valence-electron chi connectivity index (χ0n) is 36.5. The summed E-state index contributed by atoms with van der Waals surface area (Å²) in [5.74, 6) is -4.64. The highest BCUT2D eigenvalue weighted by atomic mass is 32.2. The summed E-state index contributed by atoms with van der Waals surface area (Å²) in [7, 11) is 0. The molecular formula is C45H57N11O9S. The van der Waals surface area contributed by atoms with E-state index in [-0.39, 0.29) is 69.1 Å². The van der Waals surface area contributed by atoms with Gasteiger partial charge in [0, 0.05) is 48.9 Å². The zero-order valence-corrected chi connectivity index (χ0v) is 37.3. The molecule has 0 radical (unpaired) electrons. The van der Waals surface area contributed by atoms with Crippen molar-refractivity contribution in [2.24, 2.45) is 22.2 Å². The summed E-state index contributed by atoms with van der Waals surface area (Å²) in [5.41, 5.74) is 18.3. The molecular weight excluding hydrogens is 871 g/mol. The third-order valence-corrected chi connectivity index (χ3v) is 13.1. The third kappa shape index (κ3) is 12.0. The smallest absolute Gasteiger partial charge is 0.323 e. The number of benzene rings is 3. The normalized spacial score (nSPS) is 17.9. The number of amides is 6. The molecule has 21 heteroatoms. The number of likely N-dealkylation sites (tertiary alicyclic amines) is 1. The van der Waals surface area contributed by atoms with Crippen molar-refractivity contribution in [3.8, 4) is 0 Å². The van der Waals surface area contributed by atoms with Gasteiger partial charge >= 0.3 is 5.97 Å². The first kappa shape index (κ1) is 48.9. The van der Waals surface area contributed by atoms with Crippen molar-refractivity contribution in [3.05, 3.63) is 95.6 Å². The lowest BCUT2D eigenvalue weighted by molar-refractivity contribution is -0.143. The van der Waals surface area contributed by atoms with Crippen LogP contribution < -0.4 is 38.1 Å². The highest BCUT2D eigenvalue weighted by molar-refractivity contribution is 7.99. The Morgan fingerprint density at radius 1 is 0.879 bits per heavy atom. The van der Waals surface area contributed by atoms with Crippen LogP contribution in [0.25, 0.3) is 0 Å². The number of para-hydroxylation sites is 1. The fourth-order valence-electron chi connectivity index (χ4n) is 8.43. The first-order chi connectivity index (χ1) is 31.7. The molecule has 352 valence electrons. The minimum atomic E-state index is -1.50. The van der Waals surface area contributed by atoms with E-state index in [9.17, 15) is 43.8 Å². The molecule has 3 heterocycles. The first-order valence-electron chi connectivity index (χ1n) is 21.7. The van der Waals surface area contributed by atoms with E-state index in [1.165, 1.54) is 16.7 Å². The number of fused-ring (bicyclic) bond motifs is 1. The third-order valence-electron chi connectivity index (χ3n) is 12.0. The molecule has 3 atom stereocenters. The van der Waals surface area contributed by atoms with Crippen molar-refractivity contribution in [2.75, 3.05) is 63.2 Å². The lowest BCUT2D eigenvalue weighted by Crippen LogP contribution is -2.59. The van der Waals surface area contributed by atoms with Gasteiger partial charge in [-0.05, 0) is 67.5 Å². The second-order valence-electron chi connectivity index (χ2n) is 16.3. The summed E-state index contributed by atoms with van der Waals surface area (Å²) >= 11 is 1.25. The summed E-state index contributed by atoms with van der Waals surface area (Å²) < 4.78 is 0. The van der Waals surface area contributed by atoms with Gasteiger partial charge in [0.25, 0.3) is 11.8 Å². The topological polar surface area (TPSA) is 299 Å². The molecule has 11 N–H and O–H groups in total. The Bertz CT molecular complexity index is 2270. The van der Waals surface area contributed by atoms with Crippen molar-refractivity contribution in [3.63, 3.8) is 0 Å². The van der Waals surface area contributed by atoms with Gasteiger partial charge < -0.3 is 53.2 Å². The van der Waals surface area contributed by atoms with Crippen molar-refractivity contribution < 1.29 is 43.8 Å². The maximum atomic E-state index is 14.5. The number of nitrogens with two attached hydrogens (primary N) is 3. The fraction of sp³-hybridized carbons (Fsp3) is 0.422. The quantitative estimate of drug-likeness (QED) is 0.0415. The van der Waals surface area contributed by atoms with Crippen LogP contribution >= 0.6 is 11.8 Å². The van der Waals surface area contributed by atoms with Crippen LogP contribution in [0, 0.1) is 0 Å². The van der Waals surface area contributed by atoms with Gasteiger partial charge in [-0.3, -0.25) is 48.4 Å². The molecule has 3 aliphatic heterocycles. The summed E-state index contributed by atoms with van der Waals surface area (Å²) in [6.07, 6.45) is 1.71. The molecule has 0 aliphatic carbocycles. The number of hydrogen-bond donors (Lipinski definition) is 8. The molecule has 6 amide bonds. The molecule has 66 heavy (non-hydrogen) atoms. The molecule has 0 unspecified atom stereocenters. The number of carboxylic acids is 1. The number of nitrogens with one attached hydrogen (secondary N) is 3. The molecule has 20 nitrogen and oxygen atoms in total. The van der Waals surface area contributed by atoms with E-state index < -0.39 is 73.0 Å². The minimum absolute atomic E-state index is 0.0642. The number of carboxylic acid groups (broad SMARTS) is 1. The Kier molecular flexibility index (Phi) is 16.7. The number of carbonyl (C=O) groups excluding carboxylic acids is 6. The number of aliphatic imine (C=N–C) groups is 1. The minimum Gasteiger partial charge on any atom is -0.480 e. The van der Waals surface area contributed by atoms with Crippen LogP contribution in [0.2, 0.25) is 0 Å². The van der Waals surface area contributed by atoms with E-state index in [1.807, 2.05) is 35.2 Å². The monoisotopic (exact) mass is 927 g/mol. The number of aliphatic hydroxyl groups excluding tert-OH is 1. The Morgan fingerprint density at radius 3 is 2.24 bits per heavy atom. The maximum absolute atomic E-state index is 14.5. The van der Waals surface area contributed by atoms with Crippen LogP contribution in [0.3, 0.4) is 0 Å². The highest BCUT2D eigenvalue weighted by Gasteiger charge is 2.54. The molecule has 3 aromatic carbocycles. The number of rotatable bonds is 19. The van der Waals surface area contributed by atoms with Gasteiger partial charge in [-0.25, -0.2) is 0 Å². The SMILES string of the molecule is NCc1ccc(C(=O)N[C@@H](CCCN=C(N)N)C(=O)N2CCC3(CC2)C(=O)N(CC(=O)N[C@@H](CO)C(=O)N[C@@H]2CSc4ccccc4N(CC(=O)O)C2=O)CN3CCc2ccccc2)cc1. The Morgan fingerprint density at radius 2 is 1.58 bits per heavy atom. The average molecular weight is 928 g/mol. The first-order valence-corrected chi connectivity index (χ1v) is 22.7. The number of aliphatic carboxylic acids is 1. The van der Waals surface area contributed by atoms with Crippen LogP contribution in [0.15, 0.2) is 88.8 Å². The van der Waals surface area contributed by atoms with Crippen molar-refractivity contribution >= 4 is 64.8 Å². The summed E-state index contributed by atoms with van der Waals surface area (Å²) in [6, 6.07) is 19.7. The number of anilines is 1. The van der Waals surface area contributed by atoms with Crippen LogP contribution in [0.1, 0.15) is 47.2 Å². The van der Waals surface area contributed by atoms with Crippen LogP contribution in [0.5, 0.6) is 0 Å². The van der Waals surface area contributed by atoms with Crippen LogP contribution in [-0.2, 0) is 41.7 Å². The number of piperidine rings is 1. The Labute approximate surface area is 386 Å². The second kappa shape index (κ2) is 22.6. The van der Waals surface area contributed by atoms with Gasteiger partial charge in [-0.2, -0.15) is 0 Å². The van der Waals surface area contributed by atoms with Crippen molar-refractivity contribution in [1.82, 2.24) is 30.7 Å². The van der Waals surface area contributed by atoms with E-state index in [0.717, 1.165) is 16.0 Å². The van der Waals surface area contributed by atoms with Gasteiger partial charge in [0.05, 0.1) is 19.0 Å². The standard InChI is InChI=1S/C45H57N11O9S/c46-23-30-12-14-31(15-13-30)39(61)51-32(9-6-19-49-44(47)48)41(63)53-21-17-45(18-22-53)43(65)54(28-55(45)20-16-29-7-2-1-3-8-29)24-37(58)50-33(26-57)40(62)52-34-27-66-36-11-5-4-10-35(36)56(42(34)64)25-38(59)60/h1-5,7-8,10-15,32-34,57H,6,9,16-28,46H2,(H,50,58)(H,51,61)(H,52,62)(H,59,60)(H4,47,48,49)/t32-,33-,34+/m0/s1. The Balaban J connectivity index is 1.12. The summed E-state index contributed by atoms with van der Waals surface area (Å²) in [4.78, 5) is 105. The van der Waals surface area contributed by atoms with Crippen molar-refractivity contribution in [2.45, 2.75) is 67.2 Å². The van der Waals surface area contributed by atoms with Gasteiger partial charge in [0.15, 0.2) is 5.96 Å². The molecule has 0 bridgehead atoms. The fourth-order valence-corrected chi connectivity index (χ4v) is 9.50. The number of nitrogens with zero attached hydrogens (tertiary/aromatic N) is 5. The number of aliphatic hydroxyl groups is 1. The number of guanidine groups is 1. The lowest BCUT2D eigenvalue weighted by atomic mass is 9.85. The molecule has 3 aromatic rings. The lowest BCUT2D eigenvalue weighted by Gasteiger charge is -2.43. The van der Waals surface area contributed by atoms with E-state index in [1.54, 1.807) is 53.4 Å². The van der Waals surface area contributed by atoms with E-state index >= 15 is 0 Å². The van der Waals surface area contributed by atoms with Gasteiger partial charge in [0.2, 0.25) is 23.6 Å². The average Bonchev–Trinajstić information content (AvgIpc) is 3.48. The highest BCUT2D eigenvalue weighted by Crippen LogP contribution is 2.37. The van der Waals surface area contributed by atoms with E-state index in [0.29, 0.717) is 42.1 Å². The number of carbonyl (C=O) groups is 7. The molecule has 1 spiro atoms. The molecule has 2 fully saturated rings. The van der Waals surface area contributed by atoms with Gasteiger partial charge in [0.1, 0.15) is 36.8 Å². The van der Waals surface area contributed by atoms with E-state index in [2.05, 4.69) is 20.9 Å². The van der Waals surface area contributed by atoms with Crippen molar-refractivity contribution in [1.29, 1.82) is 0 Å². The molecule has 0 aromatic heterocycles. The van der Waals surface area contributed by atoms with E-state index in [4.69, 9.17) is 17.2 Å². The van der Waals surface area contributed by atoms with Gasteiger partial charge in [-0.1, -0.05) is 54.6 Å². The summed E-state index contributed by atoms with van der Waals surface area (Å²) in [5, 5.41) is 27.7. The molecule has 2 saturated heterocycles. The van der Waals surface area contributed by atoms with Gasteiger partial charge in [-0.15, -0.1) is 11.8 Å². The van der Waals surface area contributed by atoms with Crippen LogP contribution in [0.4, 0.5) is 5.69 Å². The maximum Gasteiger partial charge on any atom is 0.323 e. The molecule has 6 rings (SSSR count). The predicted octanol–water partition coefficient (Wildman–Crippen LogP) is -0.812. The van der Waals surface area contributed by atoms with Crippen LogP contribution in [-0.4, -0.2) is 154 Å².